The van der Waals surface area contributed by atoms with E-state index in [1.165, 1.54) is 148 Å². The van der Waals surface area contributed by atoms with Gasteiger partial charge in [0.05, 0.1) is 0 Å². The van der Waals surface area contributed by atoms with Crippen molar-refractivity contribution >= 4 is 11.8 Å². The van der Waals surface area contributed by atoms with Crippen LogP contribution in [0.1, 0.15) is 229 Å². The van der Waals surface area contributed by atoms with Crippen molar-refractivity contribution in [1.82, 2.24) is 10.6 Å². The number of carbonyl (C=O) groups is 2. The number of rotatable bonds is 29. The molecule has 0 spiro atoms. The predicted octanol–water partition coefficient (Wildman–Crippen LogP) is 12.6. The zero-order valence-corrected chi connectivity index (χ0v) is 31.1. The highest BCUT2D eigenvalue weighted by molar-refractivity contribution is 5.76. The first kappa shape index (κ1) is 46.4. The lowest BCUT2D eigenvalue weighted by Crippen LogP contribution is -2.29. The third-order valence-corrected chi connectivity index (χ3v) is 7.66. The van der Waals surface area contributed by atoms with Crippen molar-refractivity contribution in [2.45, 2.75) is 241 Å². The lowest BCUT2D eigenvalue weighted by Gasteiger charge is -2.07. The molecule has 2 amide bonds. The van der Waals surface area contributed by atoms with Gasteiger partial charge in [-0.15, -0.1) is 0 Å². The second kappa shape index (κ2) is 40.9. The number of hydrogen-bond donors (Lipinski definition) is 2. The first-order chi connectivity index (χ1) is 20.8. The molecule has 0 aliphatic heterocycles. The third kappa shape index (κ3) is 48.1. The van der Waals surface area contributed by atoms with Crippen molar-refractivity contribution in [2.24, 2.45) is 0 Å². The molecule has 2 N–H and O–H groups in total. The second-order valence-electron chi connectivity index (χ2n) is 13.1. The Labute approximate surface area is 272 Å². The molecular weight excluding hydrogens is 528 g/mol. The normalized spacial score (nSPS) is 10.7. The Morgan fingerprint density at radius 2 is 0.558 bits per heavy atom. The van der Waals surface area contributed by atoms with Gasteiger partial charge in [0.15, 0.2) is 0 Å². The lowest BCUT2D eigenvalue weighted by atomic mass is 10.0. The Balaban J connectivity index is -0.000000704. The topological polar surface area (TPSA) is 58.2 Å². The molecular formula is C39H82N2O2. The van der Waals surface area contributed by atoms with E-state index in [2.05, 4.69) is 24.5 Å². The van der Waals surface area contributed by atoms with E-state index < -0.39 is 0 Å². The molecule has 0 heterocycles. The molecule has 0 unspecified atom stereocenters. The highest BCUT2D eigenvalue weighted by Gasteiger charge is 2.03. The van der Waals surface area contributed by atoms with Crippen LogP contribution in [0.5, 0.6) is 0 Å². The summed E-state index contributed by atoms with van der Waals surface area (Å²) >= 11 is 0. The summed E-state index contributed by atoms with van der Waals surface area (Å²) in [6.07, 6.45) is 35.2. The van der Waals surface area contributed by atoms with Gasteiger partial charge in [-0.1, -0.05) is 175 Å². The second-order valence-corrected chi connectivity index (χ2v) is 13.1. The molecule has 0 rings (SSSR count). The average molecular weight is 611 g/mol. The summed E-state index contributed by atoms with van der Waals surface area (Å²) in [6, 6.07) is 0.555. The van der Waals surface area contributed by atoms with Crippen LogP contribution < -0.4 is 10.6 Å². The molecule has 0 bridgehead atoms. The van der Waals surface area contributed by atoms with Crippen LogP contribution in [0.15, 0.2) is 0 Å². The Bertz CT molecular complexity index is 533. The number of hydrogen-bond acceptors (Lipinski definition) is 2. The summed E-state index contributed by atoms with van der Waals surface area (Å²) in [6.45, 7) is 16.6. The standard InChI is InChI=1S/C19H39NO.C18H37NO.C2H6/c1-4-5-6-7-8-9-10-11-12-13-14-15-16-17-19(21)20-18(2)3;1-4-5-6-7-8-9-10-11-12-13-14-15-16-18(20)19-17(2)3;1-2/h18H,4-17H2,1-3H3,(H,20,21);17H,4-16H2,1-3H3,(H,19,20);1-2H3. The number of nitrogens with one attached hydrogen (secondary N) is 2. The predicted molar refractivity (Wildman–Crippen MR) is 194 cm³/mol. The minimum Gasteiger partial charge on any atom is -0.354 e. The maximum absolute atomic E-state index is 11.4. The third-order valence-electron chi connectivity index (χ3n) is 7.66. The molecule has 0 atom stereocenters. The number of unbranched alkanes of at least 4 members (excludes halogenated alkanes) is 23. The minimum atomic E-state index is 0.215. The first-order valence-electron chi connectivity index (χ1n) is 19.4. The van der Waals surface area contributed by atoms with E-state index in [0.717, 1.165) is 12.8 Å². The van der Waals surface area contributed by atoms with Gasteiger partial charge in [0.2, 0.25) is 11.8 Å². The smallest absolute Gasteiger partial charge is 0.220 e. The zero-order chi connectivity index (χ0) is 32.8. The van der Waals surface area contributed by atoms with E-state index in [0.29, 0.717) is 12.8 Å². The minimum absolute atomic E-state index is 0.215. The largest absolute Gasteiger partial charge is 0.354 e. The van der Waals surface area contributed by atoms with E-state index in [9.17, 15) is 9.59 Å². The maximum Gasteiger partial charge on any atom is 0.220 e. The van der Waals surface area contributed by atoms with Crippen LogP contribution in [0, 0.1) is 0 Å². The van der Waals surface area contributed by atoms with Crippen LogP contribution in [-0.4, -0.2) is 23.9 Å². The molecule has 0 aliphatic carbocycles. The first-order valence-corrected chi connectivity index (χ1v) is 19.4. The van der Waals surface area contributed by atoms with Gasteiger partial charge in [-0.3, -0.25) is 9.59 Å². The quantitative estimate of drug-likeness (QED) is 0.0828. The lowest BCUT2D eigenvalue weighted by molar-refractivity contribution is -0.122. The zero-order valence-electron chi connectivity index (χ0n) is 31.1. The summed E-state index contributed by atoms with van der Waals surface area (Å²) in [5.74, 6) is 0.431. The molecule has 0 aliphatic rings. The molecule has 0 saturated heterocycles. The summed E-state index contributed by atoms with van der Waals surface area (Å²) in [5.41, 5.74) is 0. The molecule has 43 heavy (non-hydrogen) atoms. The maximum atomic E-state index is 11.4. The molecule has 0 fully saturated rings. The van der Waals surface area contributed by atoms with Gasteiger partial charge >= 0.3 is 0 Å². The number of amides is 2. The van der Waals surface area contributed by atoms with Crippen LogP contribution >= 0.6 is 0 Å². The summed E-state index contributed by atoms with van der Waals surface area (Å²) in [7, 11) is 0. The summed E-state index contributed by atoms with van der Waals surface area (Å²) in [4.78, 5) is 22.9. The van der Waals surface area contributed by atoms with Crippen LogP contribution in [0.4, 0.5) is 0 Å². The fourth-order valence-corrected chi connectivity index (χ4v) is 5.22. The van der Waals surface area contributed by atoms with Gasteiger partial charge in [-0.2, -0.15) is 0 Å². The van der Waals surface area contributed by atoms with Crippen LogP contribution in [0.25, 0.3) is 0 Å². The number of carbonyl (C=O) groups excluding carboxylic acids is 2. The van der Waals surface area contributed by atoms with Crippen LogP contribution in [0.2, 0.25) is 0 Å². The molecule has 0 aromatic heterocycles. The Kier molecular flexibility index (Phi) is 44.1. The Hall–Kier alpha value is -1.06. The van der Waals surface area contributed by atoms with E-state index >= 15 is 0 Å². The van der Waals surface area contributed by atoms with E-state index in [-0.39, 0.29) is 23.9 Å². The van der Waals surface area contributed by atoms with Gasteiger partial charge in [-0.05, 0) is 40.5 Å². The van der Waals surface area contributed by atoms with Crippen molar-refractivity contribution in [2.75, 3.05) is 0 Å². The van der Waals surface area contributed by atoms with E-state index in [4.69, 9.17) is 0 Å². The monoisotopic (exact) mass is 611 g/mol. The molecule has 4 heteroatoms. The van der Waals surface area contributed by atoms with Crippen molar-refractivity contribution < 1.29 is 9.59 Å². The Morgan fingerprint density at radius 1 is 0.372 bits per heavy atom. The summed E-state index contributed by atoms with van der Waals surface area (Å²) in [5, 5.41) is 5.89. The fraction of sp³-hybridized carbons (Fsp3) is 0.949. The van der Waals surface area contributed by atoms with Crippen molar-refractivity contribution in [3.63, 3.8) is 0 Å². The van der Waals surface area contributed by atoms with Crippen molar-refractivity contribution in [3.05, 3.63) is 0 Å². The average Bonchev–Trinajstić information content (AvgIpc) is 2.96. The molecule has 0 aromatic carbocycles. The molecule has 4 nitrogen and oxygen atoms in total. The van der Waals surface area contributed by atoms with E-state index in [1.54, 1.807) is 0 Å². The Morgan fingerprint density at radius 3 is 0.744 bits per heavy atom. The summed E-state index contributed by atoms with van der Waals surface area (Å²) < 4.78 is 0. The van der Waals surface area contributed by atoms with Gasteiger partial charge in [-0.25, -0.2) is 0 Å². The van der Waals surface area contributed by atoms with Gasteiger partial charge < -0.3 is 10.6 Å². The SMILES string of the molecule is CC.CCCCCCCCCCCCCCC(=O)NC(C)C.CCCCCCCCCCCCCCCC(=O)NC(C)C. The molecule has 0 aromatic rings. The molecule has 260 valence electrons. The van der Waals surface area contributed by atoms with Gasteiger partial charge in [0.1, 0.15) is 0 Å². The molecule has 0 radical (unpaired) electrons. The fourth-order valence-electron chi connectivity index (χ4n) is 5.22. The van der Waals surface area contributed by atoms with Crippen molar-refractivity contribution in [3.8, 4) is 0 Å². The van der Waals surface area contributed by atoms with Gasteiger partial charge in [0.25, 0.3) is 0 Å². The van der Waals surface area contributed by atoms with Crippen LogP contribution in [0.3, 0.4) is 0 Å². The van der Waals surface area contributed by atoms with E-state index in [1.807, 2.05) is 41.5 Å². The van der Waals surface area contributed by atoms with Crippen molar-refractivity contribution in [1.29, 1.82) is 0 Å². The highest BCUT2D eigenvalue weighted by Crippen LogP contribution is 2.14. The highest BCUT2D eigenvalue weighted by atomic mass is 16.2. The van der Waals surface area contributed by atoms with Gasteiger partial charge in [0, 0.05) is 24.9 Å². The van der Waals surface area contributed by atoms with Crippen LogP contribution in [-0.2, 0) is 9.59 Å². The molecule has 0 saturated carbocycles.